The smallest absolute Gasteiger partial charge is 0.271 e. The Bertz CT molecular complexity index is 1140. The number of hydrogen-bond acceptors (Lipinski definition) is 7. The molecule has 0 amide bonds. The first-order chi connectivity index (χ1) is 13.2. The molecule has 0 spiro atoms. The molecule has 0 atom stereocenters. The van der Waals surface area contributed by atoms with Crippen LogP contribution in [0.3, 0.4) is 0 Å². The van der Waals surface area contributed by atoms with Gasteiger partial charge in [0, 0.05) is 18.0 Å². The molecule has 0 saturated heterocycles. The van der Waals surface area contributed by atoms with Gasteiger partial charge in [0.2, 0.25) is 0 Å². The number of methoxy groups -OCH3 is 2. The Labute approximate surface area is 159 Å². The van der Waals surface area contributed by atoms with Crippen LogP contribution in [-0.2, 0) is 6.67 Å². The zero-order valence-corrected chi connectivity index (χ0v) is 15.8. The fourth-order valence-corrected chi connectivity index (χ4v) is 3.84. The number of fused-ring (bicyclic) bond motifs is 1. The number of nitrogens with zero attached hydrogens (tertiary/aromatic N) is 4. The molecule has 0 N–H and O–H groups in total. The zero-order valence-electron chi connectivity index (χ0n) is 15.0. The number of thiazole rings is 1. The van der Waals surface area contributed by atoms with Crippen LogP contribution >= 0.6 is 11.3 Å². The summed E-state index contributed by atoms with van der Waals surface area (Å²) in [4.78, 5) is 24.4. The van der Waals surface area contributed by atoms with Crippen LogP contribution < -0.4 is 29.3 Å². The Hall–Kier alpha value is -3.13. The molecule has 3 heterocycles. The molecule has 0 saturated carbocycles. The monoisotopic (exact) mass is 382 g/mol. The van der Waals surface area contributed by atoms with Gasteiger partial charge in [-0.25, -0.2) is 4.99 Å². The lowest BCUT2D eigenvalue weighted by atomic mass is 10.2. The molecule has 0 aliphatic carbocycles. The summed E-state index contributed by atoms with van der Waals surface area (Å²) >= 11 is 1.38. The second-order valence-electron chi connectivity index (χ2n) is 5.90. The first-order valence-electron chi connectivity index (χ1n) is 8.33. The van der Waals surface area contributed by atoms with Gasteiger partial charge in [-0.2, -0.15) is 0 Å². The standard InChI is InChI=1S/C19H18N4O3S/c1-25-15-7-6-14(10-16(15)26-2)22-11-21-19-23(12-22)18(24)17(27-19)9-13-5-3-4-8-20-13/h3-10H,11-12H2,1-2H3/b17-9-. The number of anilines is 1. The Morgan fingerprint density at radius 1 is 1.15 bits per heavy atom. The normalized spacial score (nSPS) is 13.9. The fourth-order valence-electron chi connectivity index (χ4n) is 2.89. The third-order valence-electron chi connectivity index (χ3n) is 4.28. The quantitative estimate of drug-likeness (QED) is 0.678. The average Bonchev–Trinajstić information content (AvgIpc) is 3.03. The van der Waals surface area contributed by atoms with Crippen LogP contribution in [0.25, 0.3) is 6.08 Å². The van der Waals surface area contributed by atoms with E-state index >= 15 is 0 Å². The van der Waals surface area contributed by atoms with Gasteiger partial charge in [0.25, 0.3) is 5.56 Å². The van der Waals surface area contributed by atoms with Crippen molar-refractivity contribution in [2.24, 2.45) is 4.99 Å². The van der Waals surface area contributed by atoms with Gasteiger partial charge < -0.3 is 14.4 Å². The van der Waals surface area contributed by atoms with E-state index in [4.69, 9.17) is 9.47 Å². The second-order valence-corrected chi connectivity index (χ2v) is 6.91. The van der Waals surface area contributed by atoms with Crippen LogP contribution in [0.15, 0.2) is 52.4 Å². The predicted octanol–water partition coefficient (Wildman–Crippen LogP) is 1.21. The minimum absolute atomic E-state index is 0.0606. The molecule has 8 heteroatoms. The van der Waals surface area contributed by atoms with E-state index in [2.05, 4.69) is 9.98 Å². The molecule has 1 aliphatic rings. The van der Waals surface area contributed by atoms with Crippen LogP contribution in [0.4, 0.5) is 5.69 Å². The van der Waals surface area contributed by atoms with Gasteiger partial charge in [0.1, 0.15) is 13.3 Å². The topological polar surface area (TPSA) is 69.0 Å². The van der Waals surface area contributed by atoms with E-state index < -0.39 is 0 Å². The number of rotatable bonds is 4. The molecule has 1 aliphatic heterocycles. The molecule has 0 radical (unpaired) electrons. The second kappa shape index (κ2) is 7.24. The molecule has 0 bridgehead atoms. The van der Waals surface area contributed by atoms with Crippen LogP contribution in [0.5, 0.6) is 11.5 Å². The predicted molar refractivity (Wildman–Crippen MR) is 104 cm³/mol. The van der Waals surface area contributed by atoms with Gasteiger partial charge in [-0.3, -0.25) is 14.3 Å². The highest BCUT2D eigenvalue weighted by Gasteiger charge is 2.17. The summed E-state index contributed by atoms with van der Waals surface area (Å²) in [6.45, 7) is 0.901. The van der Waals surface area contributed by atoms with Crippen molar-refractivity contribution in [3.63, 3.8) is 0 Å². The summed E-state index contributed by atoms with van der Waals surface area (Å²) in [6, 6.07) is 11.3. The SMILES string of the molecule is COc1ccc(N2CN=c3s/c(=C\c4ccccn4)c(=O)n3C2)cc1OC. The van der Waals surface area contributed by atoms with Crippen molar-refractivity contribution in [1.82, 2.24) is 9.55 Å². The third-order valence-corrected chi connectivity index (χ3v) is 5.32. The van der Waals surface area contributed by atoms with E-state index in [0.717, 1.165) is 16.2 Å². The molecule has 1 aromatic carbocycles. The number of ether oxygens (including phenoxy) is 2. The van der Waals surface area contributed by atoms with Crippen molar-refractivity contribution in [3.05, 3.63) is 68.0 Å². The van der Waals surface area contributed by atoms with Gasteiger partial charge in [-0.1, -0.05) is 17.4 Å². The van der Waals surface area contributed by atoms with Crippen molar-refractivity contribution in [2.75, 3.05) is 25.8 Å². The maximum atomic E-state index is 12.8. The molecule has 0 fully saturated rings. The number of pyridine rings is 1. The minimum Gasteiger partial charge on any atom is -0.493 e. The van der Waals surface area contributed by atoms with Crippen molar-refractivity contribution >= 4 is 23.1 Å². The lowest BCUT2D eigenvalue weighted by molar-refractivity contribution is 0.355. The van der Waals surface area contributed by atoms with E-state index in [0.29, 0.717) is 29.4 Å². The van der Waals surface area contributed by atoms with Crippen molar-refractivity contribution in [2.45, 2.75) is 6.67 Å². The first kappa shape index (κ1) is 17.3. The van der Waals surface area contributed by atoms with Gasteiger partial charge in [-0.15, -0.1) is 0 Å². The number of benzene rings is 1. The molecular formula is C19H18N4O3S. The van der Waals surface area contributed by atoms with Crippen LogP contribution in [-0.4, -0.2) is 30.4 Å². The maximum Gasteiger partial charge on any atom is 0.271 e. The molecule has 138 valence electrons. The lowest BCUT2D eigenvalue weighted by Crippen LogP contribution is -2.42. The number of aromatic nitrogens is 2. The highest BCUT2D eigenvalue weighted by molar-refractivity contribution is 7.07. The minimum atomic E-state index is -0.0606. The van der Waals surface area contributed by atoms with Crippen LogP contribution in [0.1, 0.15) is 5.69 Å². The van der Waals surface area contributed by atoms with Crippen molar-refractivity contribution in [1.29, 1.82) is 0 Å². The molecule has 3 aromatic rings. The summed E-state index contributed by atoms with van der Waals surface area (Å²) in [7, 11) is 3.20. The summed E-state index contributed by atoms with van der Waals surface area (Å²) in [6.07, 6.45) is 3.51. The van der Waals surface area contributed by atoms with Gasteiger partial charge >= 0.3 is 0 Å². The third kappa shape index (κ3) is 3.31. The van der Waals surface area contributed by atoms with Gasteiger partial charge in [-0.05, 0) is 30.3 Å². The lowest BCUT2D eigenvalue weighted by Gasteiger charge is -2.26. The zero-order chi connectivity index (χ0) is 18.8. The molecular weight excluding hydrogens is 364 g/mol. The maximum absolute atomic E-state index is 12.8. The summed E-state index contributed by atoms with van der Waals surface area (Å²) in [5.41, 5.74) is 1.61. The summed E-state index contributed by atoms with van der Waals surface area (Å²) < 4.78 is 13.0. The van der Waals surface area contributed by atoms with Crippen LogP contribution in [0, 0.1) is 0 Å². The molecule has 4 rings (SSSR count). The van der Waals surface area contributed by atoms with Crippen LogP contribution in [0.2, 0.25) is 0 Å². The van der Waals surface area contributed by atoms with Gasteiger partial charge in [0.15, 0.2) is 16.3 Å². The van der Waals surface area contributed by atoms with E-state index in [1.807, 2.05) is 41.3 Å². The van der Waals surface area contributed by atoms with Crippen molar-refractivity contribution < 1.29 is 9.47 Å². The Morgan fingerprint density at radius 2 is 2.00 bits per heavy atom. The molecule has 27 heavy (non-hydrogen) atoms. The Balaban J connectivity index is 1.68. The molecule has 0 unspecified atom stereocenters. The summed E-state index contributed by atoms with van der Waals surface area (Å²) in [5.74, 6) is 1.30. The van der Waals surface area contributed by atoms with E-state index in [1.54, 1.807) is 31.1 Å². The molecule has 2 aromatic heterocycles. The molecule has 7 nitrogen and oxygen atoms in total. The Kier molecular flexibility index (Phi) is 4.64. The largest absolute Gasteiger partial charge is 0.493 e. The van der Waals surface area contributed by atoms with E-state index in [1.165, 1.54) is 11.3 Å². The average molecular weight is 382 g/mol. The highest BCUT2D eigenvalue weighted by atomic mass is 32.1. The Morgan fingerprint density at radius 3 is 2.74 bits per heavy atom. The van der Waals surface area contributed by atoms with Gasteiger partial charge in [0.05, 0.1) is 24.4 Å². The van der Waals surface area contributed by atoms with E-state index in [9.17, 15) is 4.79 Å². The summed E-state index contributed by atoms with van der Waals surface area (Å²) in [5, 5.41) is 0. The highest BCUT2D eigenvalue weighted by Crippen LogP contribution is 2.31. The number of hydrogen-bond donors (Lipinski definition) is 0. The fraction of sp³-hybridized carbons (Fsp3) is 0.211. The first-order valence-corrected chi connectivity index (χ1v) is 9.15. The van der Waals surface area contributed by atoms with E-state index in [-0.39, 0.29) is 5.56 Å². The van der Waals surface area contributed by atoms with Crippen molar-refractivity contribution in [3.8, 4) is 11.5 Å².